The van der Waals surface area contributed by atoms with E-state index in [9.17, 15) is 19.2 Å². The number of amides is 4. The number of rotatable bonds is 7. The maximum atomic E-state index is 13.2. The van der Waals surface area contributed by atoms with Gasteiger partial charge in [-0.3, -0.25) is 24.6 Å². The van der Waals surface area contributed by atoms with Crippen molar-refractivity contribution in [3.8, 4) is 11.5 Å². The predicted octanol–water partition coefficient (Wildman–Crippen LogP) is 3.62. The molecule has 178 valence electrons. The van der Waals surface area contributed by atoms with Crippen LogP contribution in [0, 0.1) is 0 Å². The van der Waals surface area contributed by atoms with Crippen LogP contribution in [0.15, 0.2) is 84.9 Å². The van der Waals surface area contributed by atoms with E-state index < -0.39 is 29.7 Å². The normalized spacial score (nSPS) is 15.1. The van der Waals surface area contributed by atoms with Gasteiger partial charge in [0, 0.05) is 6.42 Å². The Balaban J connectivity index is 1.48. The lowest BCUT2D eigenvalue weighted by Gasteiger charge is -2.27. The SMILES string of the molecule is CCC(=O)N(NC(=O)Cc1ccccc1)[C@@H]1CC(=O)N(c2ccc(Oc3ccccc3)cc2)C1=O. The minimum atomic E-state index is -1.12. The summed E-state index contributed by atoms with van der Waals surface area (Å²) in [5.74, 6) is -0.721. The molecule has 0 radical (unpaired) electrons. The van der Waals surface area contributed by atoms with E-state index >= 15 is 0 Å². The number of nitrogens with one attached hydrogen (secondary N) is 1. The molecule has 1 saturated heterocycles. The molecular formula is C27H25N3O5. The molecule has 1 aliphatic rings. The van der Waals surface area contributed by atoms with E-state index in [2.05, 4.69) is 5.43 Å². The van der Waals surface area contributed by atoms with E-state index in [1.165, 1.54) is 0 Å². The largest absolute Gasteiger partial charge is 0.457 e. The summed E-state index contributed by atoms with van der Waals surface area (Å²) in [6.45, 7) is 1.63. The maximum absolute atomic E-state index is 13.2. The fourth-order valence-electron chi connectivity index (χ4n) is 3.82. The summed E-state index contributed by atoms with van der Waals surface area (Å²) in [6, 6.07) is 23.7. The first-order valence-electron chi connectivity index (χ1n) is 11.3. The van der Waals surface area contributed by atoms with Crippen LogP contribution >= 0.6 is 0 Å². The number of carbonyl (C=O) groups is 4. The third kappa shape index (κ3) is 5.55. The Kier molecular flexibility index (Phi) is 7.21. The lowest BCUT2D eigenvalue weighted by atomic mass is 10.1. The predicted molar refractivity (Wildman–Crippen MR) is 129 cm³/mol. The summed E-state index contributed by atoms with van der Waals surface area (Å²) in [5, 5.41) is 0.998. The Morgan fingerprint density at radius 1 is 0.914 bits per heavy atom. The van der Waals surface area contributed by atoms with Crippen molar-refractivity contribution in [3.05, 3.63) is 90.5 Å². The summed E-state index contributed by atoms with van der Waals surface area (Å²) in [4.78, 5) is 52.3. The molecule has 3 aromatic carbocycles. The Morgan fingerprint density at radius 2 is 1.51 bits per heavy atom. The van der Waals surface area contributed by atoms with Crippen LogP contribution in [-0.4, -0.2) is 34.7 Å². The quantitative estimate of drug-likeness (QED) is 0.419. The summed E-state index contributed by atoms with van der Waals surface area (Å²) >= 11 is 0. The summed E-state index contributed by atoms with van der Waals surface area (Å²) in [6.07, 6.45) is -0.122. The van der Waals surface area contributed by atoms with Gasteiger partial charge in [0.15, 0.2) is 0 Å². The van der Waals surface area contributed by atoms with Crippen molar-refractivity contribution in [1.82, 2.24) is 10.4 Å². The second-order valence-electron chi connectivity index (χ2n) is 8.01. The number of ether oxygens (including phenoxy) is 1. The highest BCUT2D eigenvalue weighted by Crippen LogP contribution is 2.29. The van der Waals surface area contributed by atoms with Gasteiger partial charge in [-0.25, -0.2) is 9.91 Å². The number of para-hydroxylation sites is 1. The number of imide groups is 1. The van der Waals surface area contributed by atoms with Gasteiger partial charge in [-0.2, -0.15) is 0 Å². The number of hydrogen-bond acceptors (Lipinski definition) is 5. The lowest BCUT2D eigenvalue weighted by Crippen LogP contribution is -2.54. The fourth-order valence-corrected chi connectivity index (χ4v) is 3.82. The molecule has 1 heterocycles. The molecule has 0 spiro atoms. The van der Waals surface area contributed by atoms with E-state index in [4.69, 9.17) is 4.74 Å². The molecule has 4 rings (SSSR count). The van der Waals surface area contributed by atoms with Crippen molar-refractivity contribution in [2.45, 2.75) is 32.2 Å². The highest BCUT2D eigenvalue weighted by atomic mass is 16.5. The van der Waals surface area contributed by atoms with Crippen LogP contribution in [0.3, 0.4) is 0 Å². The van der Waals surface area contributed by atoms with E-state index in [1.54, 1.807) is 43.3 Å². The van der Waals surface area contributed by atoms with Crippen LogP contribution in [0.25, 0.3) is 0 Å². The molecule has 1 aliphatic heterocycles. The van der Waals surface area contributed by atoms with Crippen LogP contribution < -0.4 is 15.1 Å². The Bertz CT molecular complexity index is 1210. The van der Waals surface area contributed by atoms with E-state index in [0.717, 1.165) is 15.5 Å². The zero-order chi connectivity index (χ0) is 24.8. The molecule has 1 atom stereocenters. The number of hydrogen-bond donors (Lipinski definition) is 1. The Morgan fingerprint density at radius 3 is 2.14 bits per heavy atom. The van der Waals surface area contributed by atoms with Gasteiger partial charge >= 0.3 is 0 Å². The highest BCUT2D eigenvalue weighted by Gasteiger charge is 2.45. The van der Waals surface area contributed by atoms with Gasteiger partial charge in [-0.1, -0.05) is 55.5 Å². The molecule has 0 saturated carbocycles. The second kappa shape index (κ2) is 10.6. The zero-order valence-electron chi connectivity index (χ0n) is 19.2. The number of nitrogens with zero attached hydrogens (tertiary/aromatic N) is 2. The van der Waals surface area contributed by atoms with Crippen molar-refractivity contribution in [3.63, 3.8) is 0 Å². The summed E-state index contributed by atoms with van der Waals surface area (Å²) < 4.78 is 5.76. The Hall–Kier alpha value is -4.46. The molecule has 1 fully saturated rings. The minimum Gasteiger partial charge on any atom is -0.457 e. The lowest BCUT2D eigenvalue weighted by molar-refractivity contribution is -0.147. The van der Waals surface area contributed by atoms with Crippen LogP contribution in [0.5, 0.6) is 11.5 Å². The van der Waals surface area contributed by atoms with Crippen molar-refractivity contribution in [2.75, 3.05) is 4.90 Å². The van der Waals surface area contributed by atoms with Crippen LogP contribution in [0.4, 0.5) is 5.69 Å². The molecule has 8 nitrogen and oxygen atoms in total. The first kappa shape index (κ1) is 23.7. The van der Waals surface area contributed by atoms with Crippen LogP contribution in [0.2, 0.25) is 0 Å². The highest BCUT2D eigenvalue weighted by molar-refractivity contribution is 6.23. The first-order valence-corrected chi connectivity index (χ1v) is 11.3. The second-order valence-corrected chi connectivity index (χ2v) is 8.01. The molecule has 8 heteroatoms. The smallest absolute Gasteiger partial charge is 0.259 e. The van der Waals surface area contributed by atoms with Crippen molar-refractivity contribution in [1.29, 1.82) is 0 Å². The minimum absolute atomic E-state index is 0.0375. The topological polar surface area (TPSA) is 96.0 Å². The van der Waals surface area contributed by atoms with Gasteiger partial charge < -0.3 is 4.74 Å². The first-order chi connectivity index (χ1) is 17.0. The summed E-state index contributed by atoms with van der Waals surface area (Å²) in [7, 11) is 0. The third-order valence-corrected chi connectivity index (χ3v) is 5.53. The van der Waals surface area contributed by atoms with Gasteiger partial charge in [0.1, 0.15) is 17.5 Å². The van der Waals surface area contributed by atoms with Crippen molar-refractivity contribution >= 4 is 29.3 Å². The zero-order valence-corrected chi connectivity index (χ0v) is 19.2. The van der Waals surface area contributed by atoms with E-state index in [1.807, 2.05) is 48.5 Å². The molecule has 0 aromatic heterocycles. The molecule has 0 bridgehead atoms. The molecule has 0 aliphatic carbocycles. The molecule has 3 aromatic rings. The molecule has 1 N–H and O–H groups in total. The Labute approximate surface area is 203 Å². The number of hydrazine groups is 1. The van der Waals surface area contributed by atoms with Crippen molar-refractivity contribution < 1.29 is 23.9 Å². The van der Waals surface area contributed by atoms with Gasteiger partial charge in [-0.05, 0) is 42.0 Å². The third-order valence-electron chi connectivity index (χ3n) is 5.53. The van der Waals surface area contributed by atoms with Gasteiger partial charge in [0.05, 0.1) is 18.5 Å². The van der Waals surface area contributed by atoms with Gasteiger partial charge in [0.2, 0.25) is 17.7 Å². The van der Waals surface area contributed by atoms with E-state index in [-0.39, 0.29) is 19.3 Å². The monoisotopic (exact) mass is 471 g/mol. The average molecular weight is 472 g/mol. The van der Waals surface area contributed by atoms with Crippen molar-refractivity contribution in [2.24, 2.45) is 0 Å². The maximum Gasteiger partial charge on any atom is 0.259 e. The van der Waals surface area contributed by atoms with Gasteiger partial charge in [0.25, 0.3) is 5.91 Å². The number of benzene rings is 3. The number of carbonyl (C=O) groups excluding carboxylic acids is 4. The molecule has 4 amide bonds. The average Bonchev–Trinajstić information content (AvgIpc) is 3.17. The van der Waals surface area contributed by atoms with Crippen LogP contribution in [-0.2, 0) is 25.6 Å². The molecule has 35 heavy (non-hydrogen) atoms. The fraction of sp³-hybridized carbons (Fsp3) is 0.185. The van der Waals surface area contributed by atoms with Crippen LogP contribution in [0.1, 0.15) is 25.3 Å². The molecular weight excluding hydrogens is 446 g/mol. The molecule has 0 unspecified atom stereocenters. The number of anilines is 1. The standard InChI is InChI=1S/C27H25N3O5/c1-2-25(32)30(28-24(31)17-19-9-5-3-6-10-19)23-18-26(33)29(27(23)34)20-13-15-22(16-14-20)35-21-11-7-4-8-12-21/h3-16,23H,2,17-18H2,1H3,(H,28,31)/t23-/m1/s1. The van der Waals surface area contributed by atoms with E-state index in [0.29, 0.717) is 17.2 Å². The van der Waals surface area contributed by atoms with Gasteiger partial charge in [-0.15, -0.1) is 0 Å². The summed E-state index contributed by atoms with van der Waals surface area (Å²) in [5.41, 5.74) is 3.67.